The van der Waals surface area contributed by atoms with Crippen LogP contribution in [0.1, 0.15) is 165 Å². The molecule has 9 nitrogen and oxygen atoms in total. The van der Waals surface area contributed by atoms with Crippen molar-refractivity contribution in [2.24, 2.45) is 34.0 Å². The van der Waals surface area contributed by atoms with E-state index >= 15 is 0 Å². The van der Waals surface area contributed by atoms with Crippen LogP contribution in [-0.4, -0.2) is 69.3 Å². The zero-order valence-corrected chi connectivity index (χ0v) is 39.4. The normalized spacial score (nSPS) is 19.2. The number of benzene rings is 1. The van der Waals surface area contributed by atoms with Crippen molar-refractivity contribution < 1.29 is 56.0 Å². The minimum absolute atomic E-state index is 0.00559. The molecule has 2 aliphatic rings. The standard InChI is InChI=1S/C18H25F3O3.C18H32O3.C12H24O3/c1-5-17(4,6-2)16(22)24-11-13(3)23-12-14-7-9-15(10-8-14)18(19,20)21;1-5-18(4,6-2)17(19)21-11-13(3)20-12-16-10-14-7-8-15(16)9-14;1-6-12(5,7-2)11(13)15-9-10(4)14-8-3/h7-10,13H,5-6,11-12H2,1-4H3;13-16H,5-12H2,1-4H3;10H,6-9H2,1-5H3. The van der Waals surface area contributed by atoms with Crippen molar-refractivity contribution in [3.8, 4) is 0 Å². The average Bonchev–Trinajstić information content (AvgIpc) is 3.88. The van der Waals surface area contributed by atoms with E-state index in [1.54, 1.807) is 6.92 Å². The first-order valence-corrected chi connectivity index (χ1v) is 22.6. The molecule has 0 N–H and O–H groups in total. The maximum atomic E-state index is 12.5. The van der Waals surface area contributed by atoms with E-state index in [0.717, 1.165) is 62.2 Å². The Morgan fingerprint density at radius 2 is 1.00 bits per heavy atom. The SMILES string of the molecule is CCC(C)(CC)C(=O)OCC(C)OCC1CC2CCC1C2.CCC(C)(CC)C(=O)OCC(C)OCc1ccc(C(F)(F)F)cc1.CCOC(C)COC(=O)C(C)(CC)CC. The Bertz CT molecular complexity index is 1370. The molecule has 60 heavy (non-hydrogen) atoms. The minimum atomic E-state index is -4.34. The van der Waals surface area contributed by atoms with Gasteiger partial charge in [-0.25, -0.2) is 0 Å². The van der Waals surface area contributed by atoms with Gasteiger partial charge in [0.15, 0.2) is 0 Å². The second-order valence-electron chi connectivity index (χ2n) is 17.8. The molecule has 0 amide bonds. The molecule has 1 aromatic carbocycles. The smallest absolute Gasteiger partial charge is 0.416 e. The molecule has 3 rings (SSSR count). The molecule has 2 bridgehead atoms. The topological polar surface area (TPSA) is 107 Å². The van der Waals surface area contributed by atoms with Gasteiger partial charge in [0.2, 0.25) is 0 Å². The summed E-state index contributed by atoms with van der Waals surface area (Å²) in [5, 5.41) is 0. The number of rotatable bonds is 23. The summed E-state index contributed by atoms with van der Waals surface area (Å²) in [6.07, 6.45) is 5.57. The Kier molecular flexibility index (Phi) is 24.6. The molecule has 0 aliphatic heterocycles. The van der Waals surface area contributed by atoms with Gasteiger partial charge in [-0.1, -0.05) is 60.1 Å². The molecule has 2 aliphatic carbocycles. The van der Waals surface area contributed by atoms with Gasteiger partial charge in [-0.2, -0.15) is 13.2 Å². The summed E-state index contributed by atoms with van der Waals surface area (Å²) in [5.74, 6) is 2.16. The van der Waals surface area contributed by atoms with Crippen molar-refractivity contribution in [2.75, 3.05) is 33.0 Å². The number of carbonyl (C=O) groups is 3. The first kappa shape index (κ1) is 55.3. The Labute approximate surface area is 360 Å². The molecular formula is C48H81F3O9. The van der Waals surface area contributed by atoms with Crippen LogP contribution in [0.15, 0.2) is 24.3 Å². The van der Waals surface area contributed by atoms with Crippen LogP contribution in [0.25, 0.3) is 0 Å². The van der Waals surface area contributed by atoms with Gasteiger partial charge in [-0.15, -0.1) is 0 Å². The van der Waals surface area contributed by atoms with E-state index in [1.807, 2.05) is 83.1 Å². The molecule has 0 aromatic heterocycles. The van der Waals surface area contributed by atoms with Crippen LogP contribution < -0.4 is 0 Å². The summed E-state index contributed by atoms with van der Waals surface area (Å²) in [6, 6.07) is 4.81. The summed E-state index contributed by atoms with van der Waals surface area (Å²) >= 11 is 0. The molecule has 0 spiro atoms. The monoisotopic (exact) mass is 859 g/mol. The van der Waals surface area contributed by atoms with E-state index in [9.17, 15) is 27.6 Å². The lowest BCUT2D eigenvalue weighted by molar-refractivity contribution is -0.160. The fourth-order valence-corrected chi connectivity index (χ4v) is 7.04. The Hall–Kier alpha value is -2.70. The van der Waals surface area contributed by atoms with Crippen LogP contribution in [0.2, 0.25) is 0 Å². The number of carbonyl (C=O) groups excluding carboxylic acids is 3. The lowest BCUT2D eigenvalue weighted by Gasteiger charge is -2.26. The van der Waals surface area contributed by atoms with E-state index in [0.29, 0.717) is 38.2 Å². The number of ether oxygens (including phenoxy) is 6. The van der Waals surface area contributed by atoms with Crippen molar-refractivity contribution in [3.63, 3.8) is 0 Å². The molecular weight excluding hydrogens is 778 g/mol. The number of halogens is 3. The highest BCUT2D eigenvalue weighted by Gasteiger charge is 2.40. The summed E-state index contributed by atoms with van der Waals surface area (Å²) in [4.78, 5) is 35.9. The summed E-state index contributed by atoms with van der Waals surface area (Å²) in [6.45, 7) is 27.9. The summed E-state index contributed by atoms with van der Waals surface area (Å²) in [5.41, 5.74) is -1.23. The third kappa shape index (κ3) is 18.3. The van der Waals surface area contributed by atoms with E-state index in [-0.39, 0.29) is 60.3 Å². The summed E-state index contributed by atoms with van der Waals surface area (Å²) in [7, 11) is 0. The minimum Gasteiger partial charge on any atom is -0.463 e. The highest BCUT2D eigenvalue weighted by molar-refractivity contribution is 5.77. The Morgan fingerprint density at radius 1 is 0.600 bits per heavy atom. The number of alkyl halides is 3. The zero-order chi connectivity index (χ0) is 45.7. The van der Waals surface area contributed by atoms with Crippen LogP contribution in [0, 0.1) is 34.0 Å². The Morgan fingerprint density at radius 3 is 1.33 bits per heavy atom. The van der Waals surface area contributed by atoms with E-state index in [4.69, 9.17) is 28.4 Å². The lowest BCUT2D eigenvalue weighted by atomic mass is 9.85. The van der Waals surface area contributed by atoms with Crippen molar-refractivity contribution in [3.05, 3.63) is 35.4 Å². The van der Waals surface area contributed by atoms with Crippen molar-refractivity contribution in [1.82, 2.24) is 0 Å². The molecule has 0 saturated heterocycles. The van der Waals surface area contributed by atoms with Crippen LogP contribution in [0.3, 0.4) is 0 Å². The van der Waals surface area contributed by atoms with E-state index < -0.39 is 17.2 Å². The predicted octanol–water partition coefficient (Wildman–Crippen LogP) is 12.0. The van der Waals surface area contributed by atoms with Gasteiger partial charge in [0.25, 0.3) is 0 Å². The Balaban J connectivity index is 0.000000463. The largest absolute Gasteiger partial charge is 0.463 e. The third-order valence-electron chi connectivity index (χ3n) is 13.3. The molecule has 6 unspecified atom stereocenters. The van der Waals surface area contributed by atoms with Gasteiger partial charge in [0.05, 0.1) is 53.3 Å². The molecule has 348 valence electrons. The molecule has 0 heterocycles. The molecule has 2 fully saturated rings. The second kappa shape index (κ2) is 26.7. The van der Waals surface area contributed by atoms with Crippen LogP contribution in [0.4, 0.5) is 13.2 Å². The third-order valence-corrected chi connectivity index (χ3v) is 13.3. The van der Waals surface area contributed by atoms with Crippen LogP contribution in [0.5, 0.6) is 0 Å². The van der Waals surface area contributed by atoms with Gasteiger partial charge in [-0.05, 0) is 142 Å². The molecule has 6 atom stereocenters. The predicted molar refractivity (Wildman–Crippen MR) is 230 cm³/mol. The number of hydrogen-bond donors (Lipinski definition) is 0. The molecule has 12 heteroatoms. The maximum absolute atomic E-state index is 12.5. The second-order valence-corrected chi connectivity index (χ2v) is 17.8. The van der Waals surface area contributed by atoms with Crippen molar-refractivity contribution in [2.45, 2.75) is 185 Å². The molecule has 0 radical (unpaired) electrons. The zero-order valence-electron chi connectivity index (χ0n) is 39.4. The van der Waals surface area contributed by atoms with Crippen LogP contribution in [-0.2, 0) is 55.6 Å². The van der Waals surface area contributed by atoms with E-state index in [2.05, 4.69) is 0 Å². The summed E-state index contributed by atoms with van der Waals surface area (Å²) < 4.78 is 70.2. The van der Waals surface area contributed by atoms with Gasteiger partial charge in [0.1, 0.15) is 19.8 Å². The van der Waals surface area contributed by atoms with Gasteiger partial charge in [-0.3, -0.25) is 14.4 Å². The molecule has 1 aromatic rings. The highest BCUT2D eigenvalue weighted by Crippen LogP contribution is 2.48. The van der Waals surface area contributed by atoms with Gasteiger partial charge >= 0.3 is 24.1 Å². The average molecular weight is 859 g/mol. The van der Waals surface area contributed by atoms with Crippen molar-refractivity contribution in [1.29, 1.82) is 0 Å². The lowest BCUT2D eigenvalue weighted by Crippen LogP contribution is -2.31. The number of hydrogen-bond acceptors (Lipinski definition) is 9. The number of esters is 3. The van der Waals surface area contributed by atoms with E-state index in [1.165, 1.54) is 37.8 Å². The fourth-order valence-electron chi connectivity index (χ4n) is 7.04. The first-order valence-electron chi connectivity index (χ1n) is 22.6. The van der Waals surface area contributed by atoms with Gasteiger partial charge < -0.3 is 28.4 Å². The first-order chi connectivity index (χ1) is 28.1. The number of fused-ring (bicyclic) bond motifs is 2. The fraction of sp³-hybridized carbons (Fsp3) is 0.812. The molecule has 2 saturated carbocycles. The highest BCUT2D eigenvalue weighted by atomic mass is 19.4. The van der Waals surface area contributed by atoms with Gasteiger partial charge in [0, 0.05) is 6.61 Å². The van der Waals surface area contributed by atoms with Crippen LogP contribution >= 0.6 is 0 Å². The maximum Gasteiger partial charge on any atom is 0.416 e. The van der Waals surface area contributed by atoms with Crippen molar-refractivity contribution >= 4 is 17.9 Å². The quantitative estimate of drug-likeness (QED) is 0.0785.